The lowest BCUT2D eigenvalue weighted by Gasteiger charge is -2.36. The minimum absolute atomic E-state index is 0.967. The lowest BCUT2D eigenvalue weighted by Crippen LogP contribution is -2.47. The van der Waals surface area contributed by atoms with Crippen LogP contribution in [0.4, 0.5) is 5.69 Å². The molecule has 6 heteroatoms. The number of thiophene rings is 1. The Balaban J connectivity index is 1.30. The highest BCUT2D eigenvalue weighted by Crippen LogP contribution is 2.15. The zero-order valence-corrected chi connectivity index (χ0v) is 18.0. The lowest BCUT2D eigenvalue weighted by atomic mass is 10.2. The molecule has 152 valence electrons. The highest BCUT2D eigenvalue weighted by atomic mass is 32.1. The summed E-state index contributed by atoms with van der Waals surface area (Å²) < 4.78 is 0. The normalized spacial score (nSPS) is 15.6. The molecule has 5 nitrogen and oxygen atoms in total. The molecule has 0 atom stereocenters. The zero-order valence-electron chi connectivity index (χ0n) is 17.2. The molecule has 2 heterocycles. The van der Waals surface area contributed by atoms with E-state index in [9.17, 15) is 0 Å². The van der Waals surface area contributed by atoms with Gasteiger partial charge < -0.3 is 15.1 Å². The molecule has 3 rings (SSSR count). The standard InChI is InChI=1S/C22H33N5S/c1-23-22(25(2)14-11-21-10-6-19-28-21)24-12-7-13-26-15-17-27(18-16-26)20-8-4-3-5-9-20/h3-6,8-10,19H,7,11-18H2,1-2H3,(H,23,24). The Morgan fingerprint density at radius 3 is 2.57 bits per heavy atom. The van der Waals surface area contributed by atoms with Crippen LogP contribution in [0.15, 0.2) is 52.8 Å². The number of hydrogen-bond donors (Lipinski definition) is 1. The molecular formula is C22H33N5S. The van der Waals surface area contributed by atoms with Crippen LogP contribution < -0.4 is 10.2 Å². The van der Waals surface area contributed by atoms with E-state index in [1.807, 2.05) is 18.4 Å². The molecule has 1 aromatic heterocycles. The molecule has 1 saturated heterocycles. The van der Waals surface area contributed by atoms with Crippen LogP contribution in [0.1, 0.15) is 11.3 Å². The number of likely N-dealkylation sites (N-methyl/N-ethyl adjacent to an activating group) is 1. The molecule has 0 aliphatic carbocycles. The third kappa shape index (κ3) is 6.24. The molecule has 0 unspecified atom stereocenters. The van der Waals surface area contributed by atoms with Crippen LogP contribution in [0.25, 0.3) is 0 Å². The molecule has 28 heavy (non-hydrogen) atoms. The van der Waals surface area contributed by atoms with Gasteiger partial charge in [-0.3, -0.25) is 9.89 Å². The van der Waals surface area contributed by atoms with Gasteiger partial charge in [-0.2, -0.15) is 0 Å². The van der Waals surface area contributed by atoms with Crippen LogP contribution in [0.3, 0.4) is 0 Å². The van der Waals surface area contributed by atoms with E-state index in [4.69, 9.17) is 0 Å². The summed E-state index contributed by atoms with van der Waals surface area (Å²) in [5.74, 6) is 0.991. The number of benzene rings is 1. The number of nitrogens with zero attached hydrogens (tertiary/aromatic N) is 4. The van der Waals surface area contributed by atoms with E-state index in [1.54, 1.807) is 0 Å². The minimum Gasteiger partial charge on any atom is -0.369 e. The summed E-state index contributed by atoms with van der Waals surface area (Å²) >= 11 is 1.82. The van der Waals surface area contributed by atoms with Crippen LogP contribution in [0.2, 0.25) is 0 Å². The third-order valence-corrected chi connectivity index (χ3v) is 6.21. The van der Waals surface area contributed by atoms with Crippen LogP contribution in [-0.2, 0) is 6.42 Å². The molecule has 1 aliphatic heterocycles. The van der Waals surface area contributed by atoms with Gasteiger partial charge in [0.25, 0.3) is 0 Å². The van der Waals surface area contributed by atoms with Gasteiger partial charge in [0.05, 0.1) is 0 Å². The van der Waals surface area contributed by atoms with Crippen molar-refractivity contribution in [2.75, 3.05) is 64.8 Å². The van der Waals surface area contributed by atoms with E-state index >= 15 is 0 Å². The monoisotopic (exact) mass is 399 g/mol. The third-order valence-electron chi connectivity index (χ3n) is 5.27. The van der Waals surface area contributed by atoms with E-state index in [2.05, 4.69) is 79.9 Å². The fourth-order valence-corrected chi connectivity index (χ4v) is 4.29. The topological polar surface area (TPSA) is 34.1 Å². The van der Waals surface area contributed by atoms with Gasteiger partial charge in [0, 0.05) is 63.9 Å². The number of rotatable bonds is 8. The summed E-state index contributed by atoms with van der Waals surface area (Å²) in [7, 11) is 3.98. The second-order valence-corrected chi connectivity index (χ2v) is 8.27. The van der Waals surface area contributed by atoms with Crippen molar-refractivity contribution in [1.29, 1.82) is 0 Å². The van der Waals surface area contributed by atoms with Crippen LogP contribution in [-0.4, -0.2) is 75.7 Å². The number of piperazine rings is 1. The second kappa shape index (κ2) is 11.1. The van der Waals surface area contributed by atoms with Gasteiger partial charge in [0.15, 0.2) is 5.96 Å². The van der Waals surface area contributed by atoms with Crippen molar-refractivity contribution in [2.45, 2.75) is 12.8 Å². The van der Waals surface area contributed by atoms with Crippen molar-refractivity contribution in [3.05, 3.63) is 52.7 Å². The van der Waals surface area contributed by atoms with Crippen molar-refractivity contribution in [2.24, 2.45) is 4.99 Å². The molecule has 2 aromatic rings. The van der Waals surface area contributed by atoms with Gasteiger partial charge in [-0.1, -0.05) is 24.3 Å². The highest BCUT2D eigenvalue weighted by Gasteiger charge is 2.16. The number of anilines is 1. The average molecular weight is 400 g/mol. The van der Waals surface area contributed by atoms with E-state index < -0.39 is 0 Å². The van der Waals surface area contributed by atoms with Gasteiger partial charge >= 0.3 is 0 Å². The molecule has 1 aromatic carbocycles. The lowest BCUT2D eigenvalue weighted by molar-refractivity contribution is 0.255. The summed E-state index contributed by atoms with van der Waals surface area (Å²) in [4.78, 5) is 13.1. The van der Waals surface area contributed by atoms with Gasteiger partial charge in [-0.25, -0.2) is 0 Å². The molecule has 1 aliphatic rings. The molecule has 1 fully saturated rings. The Labute approximate surface area is 173 Å². The largest absolute Gasteiger partial charge is 0.369 e. The average Bonchev–Trinajstić information content (AvgIpc) is 3.27. The molecular weight excluding hydrogens is 366 g/mol. The molecule has 0 spiro atoms. The maximum atomic E-state index is 4.43. The maximum absolute atomic E-state index is 4.43. The SMILES string of the molecule is CN=C(NCCCN1CCN(c2ccccc2)CC1)N(C)CCc1cccs1. The summed E-state index contributed by atoms with van der Waals surface area (Å²) in [5, 5.41) is 5.66. The predicted molar refractivity (Wildman–Crippen MR) is 122 cm³/mol. The first-order valence-corrected chi connectivity index (χ1v) is 11.1. The number of nitrogens with one attached hydrogen (secondary N) is 1. The number of aliphatic imine (C=N–C) groups is 1. The fourth-order valence-electron chi connectivity index (χ4n) is 3.59. The van der Waals surface area contributed by atoms with E-state index in [0.29, 0.717) is 0 Å². The molecule has 0 bridgehead atoms. The molecule has 0 amide bonds. The van der Waals surface area contributed by atoms with Crippen LogP contribution >= 0.6 is 11.3 Å². The number of para-hydroxylation sites is 1. The van der Waals surface area contributed by atoms with Gasteiger partial charge in [0.2, 0.25) is 0 Å². The van der Waals surface area contributed by atoms with Gasteiger partial charge in [-0.05, 0) is 43.0 Å². The van der Waals surface area contributed by atoms with Crippen molar-refractivity contribution >= 4 is 23.0 Å². The van der Waals surface area contributed by atoms with Crippen molar-refractivity contribution in [3.63, 3.8) is 0 Å². The van der Waals surface area contributed by atoms with Crippen molar-refractivity contribution in [3.8, 4) is 0 Å². The predicted octanol–water partition coefficient (Wildman–Crippen LogP) is 3.01. The van der Waals surface area contributed by atoms with Crippen molar-refractivity contribution < 1.29 is 0 Å². The summed E-state index contributed by atoms with van der Waals surface area (Å²) in [6.45, 7) is 7.62. The quantitative estimate of drug-likeness (QED) is 0.420. The Kier molecular flexibility index (Phi) is 8.18. The summed E-state index contributed by atoms with van der Waals surface area (Å²) in [6.07, 6.45) is 2.21. The zero-order chi connectivity index (χ0) is 19.6. The van der Waals surface area contributed by atoms with Crippen LogP contribution in [0.5, 0.6) is 0 Å². The van der Waals surface area contributed by atoms with Crippen LogP contribution in [0, 0.1) is 0 Å². The van der Waals surface area contributed by atoms with E-state index in [0.717, 1.165) is 64.6 Å². The smallest absolute Gasteiger partial charge is 0.193 e. The summed E-state index contributed by atoms with van der Waals surface area (Å²) in [5.41, 5.74) is 1.35. The van der Waals surface area contributed by atoms with Gasteiger partial charge in [0.1, 0.15) is 0 Å². The molecule has 1 N–H and O–H groups in total. The number of guanidine groups is 1. The Bertz CT molecular complexity index is 693. The summed E-state index contributed by atoms with van der Waals surface area (Å²) in [6, 6.07) is 15.1. The van der Waals surface area contributed by atoms with Crippen molar-refractivity contribution in [1.82, 2.24) is 15.1 Å². The first kappa shape index (κ1) is 20.7. The first-order valence-electron chi connectivity index (χ1n) is 10.2. The van der Waals surface area contributed by atoms with E-state index in [-0.39, 0.29) is 0 Å². The Hall–Kier alpha value is -2.05. The highest BCUT2D eigenvalue weighted by molar-refractivity contribution is 7.09. The second-order valence-electron chi connectivity index (χ2n) is 7.24. The minimum atomic E-state index is 0.967. The Morgan fingerprint density at radius 2 is 1.89 bits per heavy atom. The van der Waals surface area contributed by atoms with Gasteiger partial charge in [-0.15, -0.1) is 11.3 Å². The number of hydrogen-bond acceptors (Lipinski definition) is 4. The fraction of sp³-hybridized carbons (Fsp3) is 0.500. The van der Waals surface area contributed by atoms with E-state index in [1.165, 1.54) is 10.6 Å². The Morgan fingerprint density at radius 1 is 1.11 bits per heavy atom. The molecule has 0 radical (unpaired) electrons. The maximum Gasteiger partial charge on any atom is 0.193 e. The molecule has 0 saturated carbocycles. The first-order chi connectivity index (χ1) is 13.8.